The maximum Gasteiger partial charge on any atom is 0.0722 e. The van der Waals surface area contributed by atoms with Crippen LogP contribution in [0.15, 0.2) is 70.5 Å². The smallest absolute Gasteiger partial charge is 0.0722 e. The maximum atomic E-state index is 2.45. The Labute approximate surface area is 126 Å². The highest BCUT2D eigenvalue weighted by atomic mass is 32.2. The lowest BCUT2D eigenvalue weighted by atomic mass is 10.4. The number of thioether (sulfide) groups is 2. The highest BCUT2D eigenvalue weighted by Gasteiger charge is 2.28. The van der Waals surface area contributed by atoms with Crippen molar-refractivity contribution in [2.75, 3.05) is 0 Å². The Hall–Kier alpha value is -0.643. The topological polar surface area (TPSA) is 0 Å². The van der Waals surface area contributed by atoms with Gasteiger partial charge in [-0.2, -0.15) is 0 Å². The van der Waals surface area contributed by atoms with E-state index < -0.39 is 8.07 Å². The van der Waals surface area contributed by atoms with Crippen molar-refractivity contribution in [3.05, 3.63) is 60.7 Å². The van der Waals surface area contributed by atoms with Crippen molar-refractivity contribution in [2.45, 2.75) is 33.6 Å². The lowest BCUT2D eigenvalue weighted by molar-refractivity contribution is 1.43. The lowest BCUT2D eigenvalue weighted by Gasteiger charge is -2.28. The van der Waals surface area contributed by atoms with Crippen LogP contribution in [0, 0.1) is 0 Å². The first-order chi connectivity index (χ1) is 9.05. The molecule has 19 heavy (non-hydrogen) atoms. The third-order valence-corrected chi connectivity index (χ3v) is 11.1. The van der Waals surface area contributed by atoms with Crippen LogP contribution in [0.4, 0.5) is 0 Å². The molecule has 3 heteroatoms. The molecule has 2 aromatic rings. The molecule has 0 aliphatic heterocycles. The number of hydrogen-bond acceptors (Lipinski definition) is 2. The summed E-state index contributed by atoms with van der Waals surface area (Å²) in [4.78, 5) is 2.75. The fraction of sp³-hybridized carbons (Fsp3) is 0.250. The number of rotatable bonds is 5. The maximum absolute atomic E-state index is 2.45. The van der Waals surface area contributed by atoms with Gasteiger partial charge in [0.05, 0.1) is 12.3 Å². The highest BCUT2D eigenvalue weighted by molar-refractivity contribution is 8.19. The molecule has 0 saturated carbocycles. The Morgan fingerprint density at radius 3 is 1.37 bits per heavy atom. The molecule has 0 spiro atoms. The summed E-state index contributed by atoms with van der Waals surface area (Å²) in [6.07, 6.45) is 0. The van der Waals surface area contributed by atoms with E-state index >= 15 is 0 Å². The van der Waals surface area contributed by atoms with Crippen molar-refractivity contribution < 1.29 is 0 Å². The lowest BCUT2D eigenvalue weighted by Crippen LogP contribution is -2.33. The van der Waals surface area contributed by atoms with Gasteiger partial charge in [0, 0.05) is 9.79 Å². The Morgan fingerprint density at radius 1 is 0.684 bits per heavy atom. The van der Waals surface area contributed by atoms with Crippen LogP contribution in [0.25, 0.3) is 0 Å². The van der Waals surface area contributed by atoms with Crippen LogP contribution in [0.1, 0.15) is 0 Å². The summed E-state index contributed by atoms with van der Waals surface area (Å²) in [5, 5.41) is 0. The normalized spacial score (nSPS) is 11.8. The van der Waals surface area contributed by atoms with E-state index in [0.29, 0.717) is 4.21 Å². The minimum atomic E-state index is -1.23. The van der Waals surface area contributed by atoms with Gasteiger partial charge in [0.15, 0.2) is 0 Å². The van der Waals surface area contributed by atoms with Crippen molar-refractivity contribution >= 4 is 31.6 Å². The first-order valence-electron chi connectivity index (χ1n) is 6.49. The molecule has 0 radical (unpaired) electrons. The van der Waals surface area contributed by atoms with E-state index in [-0.39, 0.29) is 0 Å². The first kappa shape index (κ1) is 14.8. The van der Waals surface area contributed by atoms with Crippen molar-refractivity contribution in [1.29, 1.82) is 0 Å². The number of hydrogen-bond donors (Lipinski definition) is 0. The summed E-state index contributed by atoms with van der Waals surface area (Å²) in [6, 6.07) is 21.5. The van der Waals surface area contributed by atoms with Crippen molar-refractivity contribution in [3.63, 3.8) is 0 Å². The largest absolute Gasteiger partial charge is 0.115 e. The molecule has 0 aliphatic carbocycles. The van der Waals surface area contributed by atoms with Gasteiger partial charge in [0.2, 0.25) is 0 Å². The highest BCUT2D eigenvalue weighted by Crippen LogP contribution is 2.40. The van der Waals surface area contributed by atoms with Crippen LogP contribution in [0.3, 0.4) is 0 Å². The quantitative estimate of drug-likeness (QED) is 0.390. The molecular weight excluding hydrogens is 284 g/mol. The molecule has 0 nitrogen and oxygen atoms in total. The van der Waals surface area contributed by atoms with Crippen LogP contribution in [0.5, 0.6) is 0 Å². The molecule has 100 valence electrons. The summed E-state index contributed by atoms with van der Waals surface area (Å²) in [7, 11) is -1.23. The monoisotopic (exact) mass is 304 g/mol. The van der Waals surface area contributed by atoms with Gasteiger partial charge in [-0.3, -0.25) is 0 Å². The molecule has 0 atom stereocenters. The van der Waals surface area contributed by atoms with E-state index in [1.807, 2.05) is 23.5 Å². The fourth-order valence-electron chi connectivity index (χ4n) is 1.62. The second-order valence-electron chi connectivity index (χ2n) is 5.56. The SMILES string of the molecule is C[Si](C)(C)C(Sc1ccccc1)Sc1ccccc1. The van der Waals surface area contributed by atoms with Crippen LogP contribution in [-0.4, -0.2) is 12.3 Å². The standard InChI is InChI=1S/C16H20S2Si/c1-19(2,3)16(17-14-10-6-4-7-11-14)18-15-12-8-5-9-13-15/h4-13,16H,1-3H3. The van der Waals surface area contributed by atoms with Gasteiger partial charge >= 0.3 is 0 Å². The van der Waals surface area contributed by atoms with Gasteiger partial charge in [-0.05, 0) is 24.3 Å². The number of benzene rings is 2. The van der Waals surface area contributed by atoms with E-state index in [4.69, 9.17) is 0 Å². The second-order valence-corrected chi connectivity index (χ2v) is 14.4. The predicted octanol–water partition coefficient (Wildman–Crippen LogP) is 5.77. The molecule has 0 aromatic heterocycles. The Bertz CT molecular complexity index is 450. The summed E-state index contributed by atoms with van der Waals surface area (Å²) in [5.41, 5.74) is 0. The van der Waals surface area contributed by atoms with Crippen molar-refractivity contribution in [2.24, 2.45) is 0 Å². The van der Waals surface area contributed by atoms with Crippen LogP contribution >= 0.6 is 23.5 Å². The molecule has 0 N–H and O–H groups in total. The summed E-state index contributed by atoms with van der Waals surface area (Å²) in [5.74, 6) is 0. The Kier molecular flexibility index (Phi) is 5.19. The van der Waals surface area contributed by atoms with E-state index in [1.54, 1.807) is 0 Å². The Morgan fingerprint density at radius 2 is 1.05 bits per heavy atom. The van der Waals surface area contributed by atoms with Crippen molar-refractivity contribution in [3.8, 4) is 0 Å². The fourth-order valence-corrected chi connectivity index (χ4v) is 7.25. The predicted molar refractivity (Wildman–Crippen MR) is 91.7 cm³/mol. The molecule has 0 aliphatic rings. The summed E-state index contributed by atoms with van der Waals surface area (Å²) >= 11 is 4.03. The van der Waals surface area contributed by atoms with Crippen LogP contribution in [-0.2, 0) is 0 Å². The average molecular weight is 305 g/mol. The van der Waals surface area contributed by atoms with Gasteiger partial charge in [-0.25, -0.2) is 0 Å². The molecule has 0 fully saturated rings. The first-order valence-corrected chi connectivity index (χ1v) is 11.8. The molecule has 2 aromatic carbocycles. The van der Waals surface area contributed by atoms with E-state index in [2.05, 4.69) is 80.3 Å². The third-order valence-electron chi connectivity index (χ3n) is 2.68. The van der Waals surface area contributed by atoms with E-state index in [1.165, 1.54) is 9.79 Å². The van der Waals surface area contributed by atoms with Crippen LogP contribution in [0.2, 0.25) is 19.6 Å². The Balaban J connectivity index is 2.13. The van der Waals surface area contributed by atoms with Gasteiger partial charge in [0.1, 0.15) is 0 Å². The average Bonchev–Trinajstić information content (AvgIpc) is 2.39. The minimum absolute atomic E-state index is 0.636. The molecule has 0 unspecified atom stereocenters. The van der Waals surface area contributed by atoms with Crippen molar-refractivity contribution in [1.82, 2.24) is 0 Å². The minimum Gasteiger partial charge on any atom is -0.115 e. The molecule has 0 bridgehead atoms. The zero-order valence-corrected chi connectivity index (χ0v) is 14.3. The van der Waals surface area contributed by atoms with E-state index in [9.17, 15) is 0 Å². The molecular formula is C16H20S2Si. The summed E-state index contributed by atoms with van der Waals surface area (Å²) < 4.78 is 0.636. The molecule has 0 saturated heterocycles. The zero-order valence-electron chi connectivity index (χ0n) is 11.7. The zero-order chi connectivity index (χ0) is 13.7. The third kappa shape index (κ3) is 4.75. The molecule has 0 heterocycles. The van der Waals surface area contributed by atoms with Gasteiger partial charge in [0.25, 0.3) is 0 Å². The van der Waals surface area contributed by atoms with Gasteiger partial charge in [-0.15, -0.1) is 23.5 Å². The van der Waals surface area contributed by atoms with Gasteiger partial charge < -0.3 is 0 Å². The van der Waals surface area contributed by atoms with Crippen LogP contribution < -0.4 is 0 Å². The second kappa shape index (κ2) is 6.68. The summed E-state index contributed by atoms with van der Waals surface area (Å²) in [6.45, 7) is 7.34. The van der Waals surface area contributed by atoms with E-state index in [0.717, 1.165) is 0 Å². The van der Waals surface area contributed by atoms with Gasteiger partial charge in [-0.1, -0.05) is 56.0 Å². The molecule has 2 rings (SSSR count). The molecule has 0 amide bonds.